The first-order chi connectivity index (χ1) is 8.58. The Morgan fingerprint density at radius 1 is 1.56 bits per heavy atom. The molecular weight excluding hydrogens is 231 g/mol. The van der Waals surface area contributed by atoms with Gasteiger partial charge in [0.15, 0.2) is 0 Å². The summed E-state index contributed by atoms with van der Waals surface area (Å²) in [6.45, 7) is 4.04. The smallest absolute Gasteiger partial charge is 0.126 e. The van der Waals surface area contributed by atoms with Crippen molar-refractivity contribution in [3.63, 3.8) is 0 Å². The third-order valence-electron chi connectivity index (χ3n) is 3.79. The Balaban J connectivity index is 1.93. The van der Waals surface area contributed by atoms with Crippen molar-refractivity contribution < 1.29 is 9.50 Å². The summed E-state index contributed by atoms with van der Waals surface area (Å²) in [4.78, 5) is 2.35. The van der Waals surface area contributed by atoms with Crippen LogP contribution >= 0.6 is 0 Å². The standard InChI is InChI=1S/C14H21FN2O/c1-10(13-6-5-11(15)8-14(13)18)16-9-12-4-3-7-17(12)2/h5-6,8,10,12,16,18H,3-4,7,9H2,1-2H3. The van der Waals surface area contributed by atoms with Gasteiger partial charge in [-0.15, -0.1) is 0 Å². The van der Waals surface area contributed by atoms with Gasteiger partial charge >= 0.3 is 0 Å². The predicted molar refractivity (Wildman–Crippen MR) is 70.1 cm³/mol. The van der Waals surface area contributed by atoms with E-state index in [2.05, 4.69) is 17.3 Å². The summed E-state index contributed by atoms with van der Waals surface area (Å²) in [5.74, 6) is -0.381. The Labute approximate surface area is 108 Å². The number of nitrogens with one attached hydrogen (secondary N) is 1. The van der Waals surface area contributed by atoms with Crippen LogP contribution in [0.25, 0.3) is 0 Å². The highest BCUT2D eigenvalue weighted by molar-refractivity contribution is 5.34. The van der Waals surface area contributed by atoms with E-state index in [9.17, 15) is 9.50 Å². The van der Waals surface area contributed by atoms with E-state index >= 15 is 0 Å². The fourth-order valence-electron chi connectivity index (χ4n) is 2.54. The summed E-state index contributed by atoms with van der Waals surface area (Å²) in [5, 5.41) is 13.1. The fourth-order valence-corrected chi connectivity index (χ4v) is 2.54. The second-order valence-corrected chi connectivity index (χ2v) is 5.11. The zero-order chi connectivity index (χ0) is 13.1. The molecule has 4 heteroatoms. The zero-order valence-corrected chi connectivity index (χ0v) is 11.0. The van der Waals surface area contributed by atoms with E-state index < -0.39 is 5.82 Å². The molecule has 0 aliphatic carbocycles. The van der Waals surface area contributed by atoms with Gasteiger partial charge in [-0.1, -0.05) is 6.07 Å². The van der Waals surface area contributed by atoms with Gasteiger partial charge in [0.1, 0.15) is 11.6 Å². The second-order valence-electron chi connectivity index (χ2n) is 5.11. The summed E-state index contributed by atoms with van der Waals surface area (Å²) in [6, 6.07) is 4.78. The average molecular weight is 252 g/mol. The third kappa shape index (κ3) is 3.00. The molecule has 18 heavy (non-hydrogen) atoms. The summed E-state index contributed by atoms with van der Waals surface area (Å²) in [7, 11) is 2.14. The molecule has 2 N–H and O–H groups in total. The van der Waals surface area contributed by atoms with Crippen LogP contribution in [0.1, 0.15) is 31.4 Å². The lowest BCUT2D eigenvalue weighted by atomic mass is 10.1. The monoisotopic (exact) mass is 252 g/mol. The molecule has 2 atom stereocenters. The van der Waals surface area contributed by atoms with E-state index in [4.69, 9.17) is 0 Å². The number of likely N-dealkylation sites (tertiary alicyclic amines) is 1. The van der Waals surface area contributed by atoms with Gasteiger partial charge < -0.3 is 15.3 Å². The summed E-state index contributed by atoms with van der Waals surface area (Å²) in [6.07, 6.45) is 2.46. The maximum Gasteiger partial charge on any atom is 0.126 e. The number of phenolic OH excluding ortho intramolecular Hbond substituents is 1. The van der Waals surface area contributed by atoms with E-state index in [-0.39, 0.29) is 11.8 Å². The number of benzene rings is 1. The van der Waals surface area contributed by atoms with Crippen molar-refractivity contribution in [2.45, 2.75) is 31.8 Å². The molecule has 1 aliphatic heterocycles. The SMILES string of the molecule is CC(NCC1CCCN1C)c1ccc(F)cc1O. The molecule has 100 valence electrons. The lowest BCUT2D eigenvalue weighted by Gasteiger charge is -2.23. The molecular formula is C14H21FN2O. The van der Waals surface area contributed by atoms with E-state index in [1.165, 1.54) is 18.9 Å². The molecule has 0 amide bonds. The first-order valence-electron chi connectivity index (χ1n) is 6.50. The third-order valence-corrected chi connectivity index (χ3v) is 3.79. The molecule has 3 nitrogen and oxygen atoms in total. The van der Waals surface area contributed by atoms with Crippen molar-refractivity contribution in [1.29, 1.82) is 0 Å². The number of hydrogen-bond acceptors (Lipinski definition) is 3. The highest BCUT2D eigenvalue weighted by Crippen LogP contribution is 2.25. The van der Waals surface area contributed by atoms with Crippen LogP contribution < -0.4 is 5.32 Å². The summed E-state index contributed by atoms with van der Waals surface area (Å²) < 4.78 is 12.9. The van der Waals surface area contributed by atoms with Gasteiger partial charge in [0.2, 0.25) is 0 Å². The van der Waals surface area contributed by atoms with Gasteiger partial charge in [-0.05, 0) is 39.4 Å². The van der Waals surface area contributed by atoms with Gasteiger partial charge in [-0.3, -0.25) is 0 Å². The number of likely N-dealkylation sites (N-methyl/N-ethyl adjacent to an activating group) is 1. The minimum absolute atomic E-state index is 0.0229. The van der Waals surface area contributed by atoms with Crippen molar-refractivity contribution in [2.24, 2.45) is 0 Å². The van der Waals surface area contributed by atoms with Gasteiger partial charge in [0.05, 0.1) is 0 Å². The molecule has 1 aromatic carbocycles. The largest absolute Gasteiger partial charge is 0.508 e. The molecule has 1 heterocycles. The molecule has 0 bridgehead atoms. The Morgan fingerprint density at radius 2 is 2.33 bits per heavy atom. The first kappa shape index (κ1) is 13.3. The Hall–Kier alpha value is -1.13. The van der Waals surface area contributed by atoms with E-state index in [1.54, 1.807) is 6.07 Å². The molecule has 2 unspecified atom stereocenters. The predicted octanol–water partition coefficient (Wildman–Crippen LogP) is 2.28. The number of aromatic hydroxyl groups is 1. The molecule has 1 aliphatic rings. The fraction of sp³-hybridized carbons (Fsp3) is 0.571. The number of nitrogens with zero attached hydrogens (tertiary/aromatic N) is 1. The van der Waals surface area contributed by atoms with Crippen LogP contribution in [0.2, 0.25) is 0 Å². The van der Waals surface area contributed by atoms with Gasteiger partial charge in [-0.25, -0.2) is 4.39 Å². The summed E-state index contributed by atoms with van der Waals surface area (Å²) in [5.41, 5.74) is 0.747. The summed E-state index contributed by atoms with van der Waals surface area (Å²) >= 11 is 0. The van der Waals surface area contributed by atoms with Crippen LogP contribution in [0.4, 0.5) is 4.39 Å². The molecule has 1 aromatic rings. The van der Waals surface area contributed by atoms with Gasteiger partial charge in [-0.2, -0.15) is 0 Å². The molecule has 0 radical (unpaired) electrons. The average Bonchev–Trinajstić information content (AvgIpc) is 2.72. The van der Waals surface area contributed by atoms with Crippen LogP contribution in [0, 0.1) is 5.82 Å². The first-order valence-corrected chi connectivity index (χ1v) is 6.50. The number of halogens is 1. The second kappa shape index (κ2) is 5.67. The van der Waals surface area contributed by atoms with Gasteiger partial charge in [0.25, 0.3) is 0 Å². The van der Waals surface area contributed by atoms with Crippen molar-refractivity contribution in [3.8, 4) is 5.75 Å². The van der Waals surface area contributed by atoms with Crippen molar-refractivity contribution in [1.82, 2.24) is 10.2 Å². The molecule has 1 saturated heterocycles. The quantitative estimate of drug-likeness (QED) is 0.863. The zero-order valence-electron chi connectivity index (χ0n) is 11.0. The molecule has 0 aromatic heterocycles. The molecule has 0 spiro atoms. The van der Waals surface area contributed by atoms with E-state index in [0.717, 1.165) is 24.7 Å². The topological polar surface area (TPSA) is 35.5 Å². The van der Waals surface area contributed by atoms with E-state index in [1.807, 2.05) is 6.92 Å². The van der Waals surface area contributed by atoms with Gasteiger partial charge in [0, 0.05) is 30.3 Å². The number of hydrogen-bond donors (Lipinski definition) is 2. The molecule has 2 rings (SSSR count). The molecule has 0 saturated carbocycles. The van der Waals surface area contributed by atoms with Crippen molar-refractivity contribution in [2.75, 3.05) is 20.1 Å². The highest BCUT2D eigenvalue weighted by atomic mass is 19.1. The Kier molecular flexibility index (Phi) is 4.19. The lowest BCUT2D eigenvalue weighted by molar-refractivity contribution is 0.293. The van der Waals surface area contributed by atoms with Crippen molar-refractivity contribution >= 4 is 0 Å². The minimum Gasteiger partial charge on any atom is -0.508 e. The number of phenols is 1. The maximum absolute atomic E-state index is 12.9. The van der Waals surface area contributed by atoms with Crippen LogP contribution in [-0.4, -0.2) is 36.2 Å². The molecule has 1 fully saturated rings. The lowest BCUT2D eigenvalue weighted by Crippen LogP contribution is -2.36. The minimum atomic E-state index is -0.404. The maximum atomic E-state index is 12.9. The highest BCUT2D eigenvalue weighted by Gasteiger charge is 2.21. The Morgan fingerprint density at radius 3 is 2.94 bits per heavy atom. The van der Waals surface area contributed by atoms with E-state index in [0.29, 0.717) is 6.04 Å². The van der Waals surface area contributed by atoms with Crippen LogP contribution in [0.3, 0.4) is 0 Å². The van der Waals surface area contributed by atoms with Crippen LogP contribution in [0.5, 0.6) is 5.75 Å². The van der Waals surface area contributed by atoms with Crippen LogP contribution in [-0.2, 0) is 0 Å². The number of rotatable bonds is 4. The normalized spacial score (nSPS) is 22.3. The van der Waals surface area contributed by atoms with Crippen molar-refractivity contribution in [3.05, 3.63) is 29.6 Å². The van der Waals surface area contributed by atoms with Crippen LogP contribution in [0.15, 0.2) is 18.2 Å². The Bertz CT molecular complexity index is 411.